The summed E-state index contributed by atoms with van der Waals surface area (Å²) >= 11 is 0. The molecule has 0 saturated heterocycles. The highest BCUT2D eigenvalue weighted by atomic mass is 15.1. The summed E-state index contributed by atoms with van der Waals surface area (Å²) in [5.41, 5.74) is 0.307. The summed E-state index contributed by atoms with van der Waals surface area (Å²) in [4.78, 5) is 2.45. The Morgan fingerprint density at radius 1 is 1.07 bits per heavy atom. The maximum Gasteiger partial charge on any atom is 0.0125 e. The topological polar surface area (TPSA) is 15.3 Å². The van der Waals surface area contributed by atoms with E-state index in [9.17, 15) is 0 Å². The average molecular weight is 200 g/mol. The van der Waals surface area contributed by atoms with Crippen LogP contribution in [0.3, 0.4) is 0 Å². The molecule has 0 aromatic rings. The number of rotatable bonds is 8. The van der Waals surface area contributed by atoms with Crippen LogP contribution in [-0.4, -0.2) is 36.6 Å². The van der Waals surface area contributed by atoms with E-state index in [1.807, 2.05) is 0 Å². The lowest BCUT2D eigenvalue weighted by Gasteiger charge is -2.28. The lowest BCUT2D eigenvalue weighted by molar-refractivity contribution is 0.274. The van der Waals surface area contributed by atoms with E-state index in [-0.39, 0.29) is 0 Å². The average Bonchev–Trinajstić information content (AvgIpc) is 2.12. The number of hydrogen-bond acceptors (Lipinski definition) is 2. The molecule has 0 aromatic heterocycles. The fourth-order valence-corrected chi connectivity index (χ4v) is 1.81. The quantitative estimate of drug-likeness (QED) is 0.647. The van der Waals surface area contributed by atoms with Crippen LogP contribution in [0.1, 0.15) is 47.5 Å². The Morgan fingerprint density at radius 2 is 1.64 bits per heavy atom. The van der Waals surface area contributed by atoms with E-state index >= 15 is 0 Å². The number of nitrogens with zero attached hydrogens (tertiary/aromatic N) is 1. The molecule has 0 aliphatic rings. The molecule has 0 radical (unpaired) electrons. The Bertz CT molecular complexity index is 128. The summed E-state index contributed by atoms with van der Waals surface area (Å²) in [6.45, 7) is 15.9. The van der Waals surface area contributed by atoms with Crippen molar-refractivity contribution < 1.29 is 0 Å². The lowest BCUT2D eigenvalue weighted by Crippen LogP contribution is -2.43. The zero-order valence-corrected chi connectivity index (χ0v) is 10.7. The van der Waals surface area contributed by atoms with Gasteiger partial charge in [0.1, 0.15) is 0 Å². The smallest absolute Gasteiger partial charge is 0.0125 e. The van der Waals surface area contributed by atoms with Gasteiger partial charge < -0.3 is 10.2 Å². The highest BCUT2D eigenvalue weighted by Gasteiger charge is 2.14. The Hall–Kier alpha value is -0.0800. The predicted octanol–water partition coefficient (Wildman–Crippen LogP) is 2.50. The number of hydrogen-bond donors (Lipinski definition) is 1. The standard InChI is InChI=1S/C12H28N2/c1-6-9-12(4,5)13-10-11-14(7-2)8-3/h13H,6-11H2,1-5H3. The van der Waals surface area contributed by atoms with Gasteiger partial charge in [-0.1, -0.05) is 27.2 Å². The van der Waals surface area contributed by atoms with Crippen LogP contribution in [0.4, 0.5) is 0 Å². The molecule has 0 aliphatic carbocycles. The van der Waals surface area contributed by atoms with Crippen molar-refractivity contribution in [3.05, 3.63) is 0 Å². The fraction of sp³-hybridized carbons (Fsp3) is 1.00. The molecule has 14 heavy (non-hydrogen) atoms. The first-order valence-electron chi connectivity index (χ1n) is 6.03. The molecule has 0 saturated carbocycles. The third-order valence-electron chi connectivity index (χ3n) is 2.80. The molecule has 2 heteroatoms. The van der Waals surface area contributed by atoms with Crippen LogP contribution in [0.5, 0.6) is 0 Å². The second-order valence-corrected chi connectivity index (χ2v) is 4.59. The minimum atomic E-state index is 0.307. The molecular formula is C12H28N2. The molecule has 0 rings (SSSR count). The molecule has 0 unspecified atom stereocenters. The fourth-order valence-electron chi connectivity index (χ4n) is 1.81. The summed E-state index contributed by atoms with van der Waals surface area (Å²) in [6.07, 6.45) is 2.51. The largest absolute Gasteiger partial charge is 0.311 e. The molecule has 86 valence electrons. The lowest BCUT2D eigenvalue weighted by atomic mass is 9.99. The summed E-state index contributed by atoms with van der Waals surface area (Å²) in [6, 6.07) is 0. The molecule has 0 atom stereocenters. The van der Waals surface area contributed by atoms with Crippen molar-refractivity contribution in [3.8, 4) is 0 Å². The predicted molar refractivity (Wildman–Crippen MR) is 64.8 cm³/mol. The van der Waals surface area contributed by atoms with E-state index in [1.54, 1.807) is 0 Å². The van der Waals surface area contributed by atoms with Crippen LogP contribution in [0.15, 0.2) is 0 Å². The van der Waals surface area contributed by atoms with E-state index in [4.69, 9.17) is 0 Å². The van der Waals surface area contributed by atoms with E-state index in [0.717, 1.165) is 19.6 Å². The summed E-state index contributed by atoms with van der Waals surface area (Å²) in [5, 5.41) is 3.62. The van der Waals surface area contributed by atoms with Crippen LogP contribution >= 0.6 is 0 Å². The van der Waals surface area contributed by atoms with Gasteiger partial charge in [-0.05, 0) is 33.4 Å². The molecule has 2 nitrogen and oxygen atoms in total. The van der Waals surface area contributed by atoms with Crippen LogP contribution in [0.25, 0.3) is 0 Å². The van der Waals surface area contributed by atoms with Gasteiger partial charge in [-0.15, -0.1) is 0 Å². The first-order valence-corrected chi connectivity index (χ1v) is 6.03. The van der Waals surface area contributed by atoms with Gasteiger partial charge in [-0.2, -0.15) is 0 Å². The monoisotopic (exact) mass is 200 g/mol. The maximum absolute atomic E-state index is 3.62. The summed E-state index contributed by atoms with van der Waals surface area (Å²) < 4.78 is 0. The Labute approximate surface area is 90.1 Å². The van der Waals surface area contributed by atoms with Crippen molar-refractivity contribution in [3.63, 3.8) is 0 Å². The van der Waals surface area contributed by atoms with Gasteiger partial charge in [0.15, 0.2) is 0 Å². The summed E-state index contributed by atoms with van der Waals surface area (Å²) in [5.74, 6) is 0. The van der Waals surface area contributed by atoms with Gasteiger partial charge in [-0.25, -0.2) is 0 Å². The second-order valence-electron chi connectivity index (χ2n) is 4.59. The maximum atomic E-state index is 3.62. The highest BCUT2D eigenvalue weighted by molar-refractivity contribution is 4.76. The van der Waals surface area contributed by atoms with E-state index in [0.29, 0.717) is 5.54 Å². The van der Waals surface area contributed by atoms with E-state index < -0.39 is 0 Å². The van der Waals surface area contributed by atoms with E-state index in [1.165, 1.54) is 19.4 Å². The van der Waals surface area contributed by atoms with Crippen LogP contribution < -0.4 is 5.32 Å². The van der Waals surface area contributed by atoms with Gasteiger partial charge in [-0.3, -0.25) is 0 Å². The van der Waals surface area contributed by atoms with Crippen molar-refractivity contribution >= 4 is 0 Å². The minimum Gasteiger partial charge on any atom is -0.311 e. The molecular weight excluding hydrogens is 172 g/mol. The Morgan fingerprint density at radius 3 is 2.07 bits per heavy atom. The normalized spacial score (nSPS) is 12.4. The third-order valence-corrected chi connectivity index (χ3v) is 2.80. The first kappa shape index (κ1) is 13.9. The molecule has 0 heterocycles. The van der Waals surface area contributed by atoms with Crippen molar-refractivity contribution in [1.82, 2.24) is 10.2 Å². The molecule has 0 spiro atoms. The van der Waals surface area contributed by atoms with Crippen molar-refractivity contribution in [2.75, 3.05) is 26.2 Å². The van der Waals surface area contributed by atoms with Gasteiger partial charge in [0.2, 0.25) is 0 Å². The van der Waals surface area contributed by atoms with Crippen LogP contribution in [0, 0.1) is 0 Å². The van der Waals surface area contributed by atoms with Crippen LogP contribution in [-0.2, 0) is 0 Å². The SMILES string of the molecule is CCCC(C)(C)NCCN(CC)CC. The molecule has 0 aliphatic heterocycles. The molecule has 0 bridgehead atoms. The molecule has 0 aromatic carbocycles. The highest BCUT2D eigenvalue weighted by Crippen LogP contribution is 2.09. The zero-order valence-electron chi connectivity index (χ0n) is 10.7. The van der Waals surface area contributed by atoms with Gasteiger partial charge in [0, 0.05) is 18.6 Å². The minimum absolute atomic E-state index is 0.307. The number of nitrogens with one attached hydrogen (secondary N) is 1. The Balaban J connectivity index is 3.60. The van der Waals surface area contributed by atoms with Gasteiger partial charge >= 0.3 is 0 Å². The molecule has 0 fully saturated rings. The third kappa shape index (κ3) is 6.39. The molecule has 0 amide bonds. The van der Waals surface area contributed by atoms with Gasteiger partial charge in [0.05, 0.1) is 0 Å². The Kier molecular flexibility index (Phi) is 7.20. The molecule has 1 N–H and O–H groups in total. The zero-order chi connectivity index (χ0) is 11.0. The number of likely N-dealkylation sites (N-methyl/N-ethyl adjacent to an activating group) is 1. The van der Waals surface area contributed by atoms with Crippen molar-refractivity contribution in [1.29, 1.82) is 0 Å². The summed E-state index contributed by atoms with van der Waals surface area (Å²) in [7, 11) is 0. The van der Waals surface area contributed by atoms with E-state index in [2.05, 4.69) is 44.8 Å². The first-order chi connectivity index (χ1) is 6.55. The van der Waals surface area contributed by atoms with Gasteiger partial charge in [0.25, 0.3) is 0 Å². The van der Waals surface area contributed by atoms with Crippen molar-refractivity contribution in [2.24, 2.45) is 0 Å². The second kappa shape index (κ2) is 7.24. The van der Waals surface area contributed by atoms with Crippen molar-refractivity contribution in [2.45, 2.75) is 53.0 Å². The van der Waals surface area contributed by atoms with Crippen LogP contribution in [0.2, 0.25) is 0 Å².